The average molecular weight is 141 g/mol. The summed E-state index contributed by atoms with van der Waals surface area (Å²) in [5.74, 6) is 0. The molecule has 0 amide bonds. The zero-order valence-corrected chi connectivity index (χ0v) is 5.29. The molecule has 0 aromatic carbocycles. The monoisotopic (exact) mass is 140 g/mol. The van der Waals surface area contributed by atoms with Crippen LogP contribution in [-0.2, 0) is 16.5 Å². The Morgan fingerprint density at radius 2 is 1.00 bits per heavy atom. The van der Waals surface area contributed by atoms with Crippen LogP contribution in [0.25, 0.3) is 0 Å². The Hall–Kier alpha value is -0.286. The van der Waals surface area contributed by atoms with Gasteiger partial charge in [0.05, 0.1) is 0 Å². The van der Waals surface area contributed by atoms with Crippen LogP contribution in [0.15, 0.2) is 25.3 Å². The van der Waals surface area contributed by atoms with Crippen molar-refractivity contribution in [1.29, 1.82) is 0 Å². The molecule has 0 aromatic heterocycles. The van der Waals surface area contributed by atoms with Crippen molar-refractivity contribution in [3.05, 3.63) is 39.2 Å². The molecule has 0 atom stereocenters. The van der Waals surface area contributed by atoms with E-state index < -0.39 is 0 Å². The summed E-state index contributed by atoms with van der Waals surface area (Å²) in [5, 5.41) is 0. The Kier molecular flexibility index (Phi) is 98.2. The molecule has 0 aliphatic carbocycles. The predicted molar refractivity (Wildman–Crippen MR) is 31.1 cm³/mol. The van der Waals surface area contributed by atoms with E-state index in [1.807, 2.05) is 0 Å². The van der Waals surface area contributed by atoms with Gasteiger partial charge in [-0.1, -0.05) is 0 Å². The van der Waals surface area contributed by atoms with Crippen molar-refractivity contribution in [2.75, 3.05) is 0 Å². The van der Waals surface area contributed by atoms with Gasteiger partial charge >= 0.3 is 16.5 Å². The molecule has 44 valence electrons. The molecule has 0 aromatic rings. The largest absolute Gasteiger partial charge is 2.00 e. The van der Waals surface area contributed by atoms with E-state index in [9.17, 15) is 0 Å². The average Bonchev–Trinajstić information content (AvgIpc) is 1.39. The number of hydrogen-bond acceptors (Lipinski definition) is 0. The Balaban J connectivity index is -0.0000000400. The fourth-order valence-corrected chi connectivity index (χ4v) is 0. The van der Waals surface area contributed by atoms with Gasteiger partial charge in [0, 0.05) is 0 Å². The van der Waals surface area contributed by atoms with Crippen molar-refractivity contribution in [2.45, 2.75) is 0 Å². The van der Waals surface area contributed by atoms with Crippen molar-refractivity contribution in [1.82, 2.24) is 0 Å². The Morgan fingerprint density at radius 1 is 1.00 bits per heavy atom. The van der Waals surface area contributed by atoms with E-state index in [0.29, 0.717) is 0 Å². The summed E-state index contributed by atoms with van der Waals surface area (Å²) >= 11 is 0. The van der Waals surface area contributed by atoms with Gasteiger partial charge in [-0.25, -0.2) is 39.2 Å². The second-order valence-electron chi connectivity index (χ2n) is 0.577. The van der Waals surface area contributed by atoms with Gasteiger partial charge in [-0.2, -0.15) is 0 Å². The van der Waals surface area contributed by atoms with Crippen LogP contribution in [-0.4, -0.2) is 0 Å². The molecule has 0 saturated heterocycles. The van der Waals surface area contributed by atoms with E-state index in [0.717, 1.165) is 0 Å². The first-order valence-corrected chi connectivity index (χ1v) is 1.63. The zero-order chi connectivity index (χ0) is 5.41. The molecule has 1 heteroatoms. The van der Waals surface area contributed by atoms with Gasteiger partial charge in [-0.05, 0) is 0 Å². The Morgan fingerprint density at radius 3 is 1.00 bits per heavy atom. The fraction of sp³-hybridized carbons (Fsp3) is 0. The summed E-state index contributed by atoms with van der Waals surface area (Å²) in [7, 11) is 0. The molecule has 0 rings (SSSR count). The molecule has 0 aliphatic heterocycles. The number of rotatable bonds is 0. The van der Waals surface area contributed by atoms with Crippen LogP contribution >= 0.6 is 0 Å². The quantitative estimate of drug-likeness (QED) is 0.357. The number of hydrogen-bond donors (Lipinski definition) is 0. The second-order valence-corrected chi connectivity index (χ2v) is 0.577. The minimum Gasteiger partial charge on any atom is -0.245 e. The first kappa shape index (κ1) is 15.9. The molecular formula is C6H10Ni. The minimum atomic E-state index is 0. The van der Waals surface area contributed by atoms with Crippen LogP contribution in [0.4, 0.5) is 0 Å². The normalized spacial score (nSPS) is 3.43. The van der Waals surface area contributed by atoms with E-state index in [1.165, 1.54) is 12.2 Å². The van der Waals surface area contributed by atoms with Crippen LogP contribution < -0.4 is 0 Å². The zero-order valence-electron chi connectivity index (χ0n) is 4.30. The van der Waals surface area contributed by atoms with Crippen molar-refractivity contribution in [3.63, 3.8) is 0 Å². The summed E-state index contributed by atoms with van der Waals surface area (Å²) in [5.41, 5.74) is 0. The van der Waals surface area contributed by atoms with Crippen LogP contribution in [0.2, 0.25) is 0 Å². The van der Waals surface area contributed by atoms with Gasteiger partial charge in [-0.3, -0.25) is 0 Å². The van der Waals surface area contributed by atoms with Gasteiger partial charge in [0.1, 0.15) is 0 Å². The van der Waals surface area contributed by atoms with E-state index in [4.69, 9.17) is 0 Å². The maximum atomic E-state index is 3.25. The standard InChI is InChI=1S/2C3H5.Ni/c2*1-3-2;/h2*3H,1-2H2;/q2*-1;+2. The Bertz CT molecular complexity index is 25.2. The van der Waals surface area contributed by atoms with Crippen molar-refractivity contribution >= 4 is 0 Å². The van der Waals surface area contributed by atoms with Gasteiger partial charge in [-0.15, -0.1) is 0 Å². The summed E-state index contributed by atoms with van der Waals surface area (Å²) in [4.78, 5) is 0. The number of allylic oxidation sites excluding steroid dienone is 2. The predicted octanol–water partition coefficient (Wildman–Crippen LogP) is 2.01. The van der Waals surface area contributed by atoms with Gasteiger partial charge < -0.3 is 0 Å². The van der Waals surface area contributed by atoms with Crippen LogP contribution in [0, 0.1) is 13.8 Å². The maximum absolute atomic E-state index is 3.25. The third kappa shape index (κ3) is 960. The molecular weight excluding hydrogens is 131 g/mol. The second kappa shape index (κ2) is 43.2. The van der Waals surface area contributed by atoms with Gasteiger partial charge in [0.25, 0.3) is 0 Å². The van der Waals surface area contributed by atoms with Crippen molar-refractivity contribution in [2.24, 2.45) is 0 Å². The van der Waals surface area contributed by atoms with Crippen molar-refractivity contribution in [3.8, 4) is 0 Å². The molecule has 0 saturated carbocycles. The molecule has 0 radical (unpaired) electrons. The molecule has 0 bridgehead atoms. The third-order valence-corrected chi connectivity index (χ3v) is 0. The van der Waals surface area contributed by atoms with Gasteiger partial charge in [0.15, 0.2) is 0 Å². The summed E-state index contributed by atoms with van der Waals surface area (Å²) in [6.07, 6.45) is 3.00. The SMILES string of the molecule is C=C[CH2-].C=C[CH2-].[Ni+2]. The van der Waals surface area contributed by atoms with E-state index >= 15 is 0 Å². The smallest absolute Gasteiger partial charge is 0.245 e. The summed E-state index contributed by atoms with van der Waals surface area (Å²) in [6.45, 7) is 13.0. The molecule has 0 spiro atoms. The van der Waals surface area contributed by atoms with Crippen LogP contribution in [0.5, 0.6) is 0 Å². The van der Waals surface area contributed by atoms with Crippen LogP contribution in [0.3, 0.4) is 0 Å². The molecule has 0 nitrogen and oxygen atoms in total. The molecule has 7 heavy (non-hydrogen) atoms. The van der Waals surface area contributed by atoms with E-state index in [2.05, 4.69) is 27.0 Å². The molecule has 0 unspecified atom stereocenters. The fourth-order valence-electron chi connectivity index (χ4n) is 0. The first-order valence-electron chi connectivity index (χ1n) is 1.63. The summed E-state index contributed by atoms with van der Waals surface area (Å²) in [6, 6.07) is 0. The molecule has 0 aliphatic rings. The van der Waals surface area contributed by atoms with E-state index in [-0.39, 0.29) is 16.5 Å². The molecule has 0 heterocycles. The summed E-state index contributed by atoms with van der Waals surface area (Å²) < 4.78 is 0. The first-order chi connectivity index (χ1) is 2.83. The topological polar surface area (TPSA) is 0 Å². The Labute approximate surface area is 56.2 Å². The molecule has 0 fully saturated rings. The van der Waals surface area contributed by atoms with Gasteiger partial charge in [0.2, 0.25) is 0 Å². The van der Waals surface area contributed by atoms with Crippen LogP contribution in [0.1, 0.15) is 0 Å². The maximum Gasteiger partial charge on any atom is 2.00 e. The third-order valence-electron chi connectivity index (χ3n) is 0. The minimum absolute atomic E-state index is 0. The molecule has 0 N–H and O–H groups in total. The van der Waals surface area contributed by atoms with E-state index in [1.54, 1.807) is 0 Å². The van der Waals surface area contributed by atoms with Crippen molar-refractivity contribution < 1.29 is 16.5 Å².